The SMILES string of the molecule is CC(CN(C)C)NC(=O)Cc1ccccc1N. The van der Waals surface area contributed by atoms with Crippen molar-refractivity contribution in [3.63, 3.8) is 0 Å². The molecule has 0 spiro atoms. The van der Waals surface area contributed by atoms with Crippen molar-refractivity contribution in [3.05, 3.63) is 29.8 Å². The van der Waals surface area contributed by atoms with Crippen LogP contribution in [-0.4, -0.2) is 37.5 Å². The van der Waals surface area contributed by atoms with Gasteiger partial charge in [-0.05, 0) is 32.6 Å². The quantitative estimate of drug-likeness (QED) is 0.745. The highest BCUT2D eigenvalue weighted by Gasteiger charge is 2.10. The molecule has 0 aliphatic heterocycles. The van der Waals surface area contributed by atoms with Gasteiger partial charge < -0.3 is 16.0 Å². The average Bonchev–Trinajstić information content (AvgIpc) is 2.19. The zero-order valence-electron chi connectivity index (χ0n) is 10.7. The Kier molecular flexibility index (Phi) is 4.97. The fourth-order valence-electron chi connectivity index (χ4n) is 1.79. The van der Waals surface area contributed by atoms with Gasteiger partial charge in [-0.1, -0.05) is 18.2 Å². The Balaban J connectivity index is 2.47. The average molecular weight is 235 g/mol. The minimum absolute atomic E-state index is 0.0113. The van der Waals surface area contributed by atoms with Crippen molar-refractivity contribution in [2.45, 2.75) is 19.4 Å². The van der Waals surface area contributed by atoms with Gasteiger partial charge >= 0.3 is 0 Å². The molecule has 4 nitrogen and oxygen atoms in total. The zero-order valence-corrected chi connectivity index (χ0v) is 10.7. The van der Waals surface area contributed by atoms with Crippen LogP contribution in [0, 0.1) is 0 Å². The molecule has 0 heterocycles. The molecule has 1 amide bonds. The van der Waals surface area contributed by atoms with Gasteiger partial charge in [0, 0.05) is 18.3 Å². The summed E-state index contributed by atoms with van der Waals surface area (Å²) in [7, 11) is 3.97. The number of amides is 1. The molecule has 17 heavy (non-hydrogen) atoms. The largest absolute Gasteiger partial charge is 0.398 e. The number of hydrogen-bond donors (Lipinski definition) is 2. The lowest BCUT2D eigenvalue weighted by Crippen LogP contribution is -2.40. The predicted octanol–water partition coefficient (Wildman–Crippen LogP) is 0.878. The first kappa shape index (κ1) is 13.5. The molecule has 0 aliphatic rings. The molecule has 4 heteroatoms. The Hall–Kier alpha value is -1.55. The van der Waals surface area contributed by atoms with E-state index in [0.29, 0.717) is 12.1 Å². The van der Waals surface area contributed by atoms with Crippen LogP contribution in [0.15, 0.2) is 24.3 Å². The fraction of sp³-hybridized carbons (Fsp3) is 0.462. The lowest BCUT2D eigenvalue weighted by atomic mass is 10.1. The van der Waals surface area contributed by atoms with E-state index in [4.69, 9.17) is 5.73 Å². The van der Waals surface area contributed by atoms with Gasteiger partial charge in [-0.2, -0.15) is 0 Å². The molecule has 0 saturated carbocycles. The van der Waals surface area contributed by atoms with E-state index < -0.39 is 0 Å². The lowest BCUT2D eigenvalue weighted by molar-refractivity contribution is -0.121. The third kappa shape index (κ3) is 4.87. The first-order valence-corrected chi connectivity index (χ1v) is 5.76. The maximum absolute atomic E-state index is 11.8. The summed E-state index contributed by atoms with van der Waals surface area (Å²) in [6.45, 7) is 2.82. The normalized spacial score (nSPS) is 12.5. The fourth-order valence-corrected chi connectivity index (χ4v) is 1.79. The number of carbonyl (C=O) groups excluding carboxylic acids is 1. The Labute approximate surface area is 103 Å². The third-order valence-corrected chi connectivity index (χ3v) is 2.45. The Morgan fingerprint density at radius 2 is 2.06 bits per heavy atom. The first-order valence-electron chi connectivity index (χ1n) is 5.76. The summed E-state index contributed by atoms with van der Waals surface area (Å²) in [5.41, 5.74) is 7.34. The number of para-hydroxylation sites is 1. The number of likely N-dealkylation sites (N-methyl/N-ethyl adjacent to an activating group) is 1. The van der Waals surface area contributed by atoms with Crippen molar-refractivity contribution in [3.8, 4) is 0 Å². The minimum Gasteiger partial charge on any atom is -0.398 e. The molecule has 0 radical (unpaired) electrons. The van der Waals surface area contributed by atoms with Gasteiger partial charge in [0.1, 0.15) is 0 Å². The molecule has 0 bridgehead atoms. The van der Waals surface area contributed by atoms with Crippen molar-refractivity contribution in [2.75, 3.05) is 26.4 Å². The highest BCUT2D eigenvalue weighted by atomic mass is 16.1. The maximum atomic E-state index is 11.8. The number of carbonyl (C=O) groups is 1. The van der Waals surface area contributed by atoms with E-state index in [1.165, 1.54) is 0 Å². The third-order valence-electron chi connectivity index (χ3n) is 2.45. The number of benzene rings is 1. The Morgan fingerprint density at radius 3 is 2.65 bits per heavy atom. The summed E-state index contributed by atoms with van der Waals surface area (Å²) in [5.74, 6) is 0.0113. The van der Waals surface area contributed by atoms with Crippen LogP contribution in [-0.2, 0) is 11.2 Å². The van der Waals surface area contributed by atoms with Crippen LogP contribution in [0.5, 0.6) is 0 Å². The summed E-state index contributed by atoms with van der Waals surface area (Å²) in [6, 6.07) is 7.59. The molecule has 94 valence electrons. The molecule has 1 rings (SSSR count). The monoisotopic (exact) mass is 235 g/mol. The van der Waals surface area contributed by atoms with Crippen molar-refractivity contribution in [2.24, 2.45) is 0 Å². The first-order chi connectivity index (χ1) is 7.99. The summed E-state index contributed by atoms with van der Waals surface area (Å²) in [4.78, 5) is 13.8. The van der Waals surface area contributed by atoms with Crippen LogP contribution >= 0.6 is 0 Å². The summed E-state index contributed by atoms with van der Waals surface area (Å²) in [6.07, 6.45) is 0.338. The molecule has 1 atom stereocenters. The number of rotatable bonds is 5. The van der Waals surface area contributed by atoms with Gasteiger partial charge in [-0.25, -0.2) is 0 Å². The number of hydrogen-bond acceptors (Lipinski definition) is 3. The van der Waals surface area contributed by atoms with E-state index in [-0.39, 0.29) is 11.9 Å². The number of nitrogen functional groups attached to an aromatic ring is 1. The molecule has 1 aromatic rings. The van der Waals surface area contributed by atoms with Crippen molar-refractivity contribution in [1.82, 2.24) is 10.2 Å². The molecule has 0 fully saturated rings. The van der Waals surface area contributed by atoms with Gasteiger partial charge in [-0.3, -0.25) is 4.79 Å². The molecule has 1 aromatic carbocycles. The molecule has 1 unspecified atom stereocenters. The smallest absolute Gasteiger partial charge is 0.224 e. The number of nitrogens with zero attached hydrogens (tertiary/aromatic N) is 1. The van der Waals surface area contributed by atoms with Gasteiger partial charge in [0.2, 0.25) is 5.91 Å². The second kappa shape index (κ2) is 6.25. The predicted molar refractivity (Wildman–Crippen MR) is 70.7 cm³/mol. The minimum atomic E-state index is 0.0113. The zero-order chi connectivity index (χ0) is 12.8. The molecular weight excluding hydrogens is 214 g/mol. The summed E-state index contributed by atoms with van der Waals surface area (Å²) < 4.78 is 0. The van der Waals surface area contributed by atoms with Crippen LogP contribution < -0.4 is 11.1 Å². The van der Waals surface area contributed by atoms with Gasteiger partial charge in [0.15, 0.2) is 0 Å². The van der Waals surface area contributed by atoms with Crippen LogP contribution in [0.25, 0.3) is 0 Å². The topological polar surface area (TPSA) is 58.4 Å². The molecular formula is C13H21N3O. The highest BCUT2D eigenvalue weighted by Crippen LogP contribution is 2.10. The van der Waals surface area contributed by atoms with E-state index in [0.717, 1.165) is 12.1 Å². The summed E-state index contributed by atoms with van der Waals surface area (Å²) in [5, 5.41) is 2.95. The van der Waals surface area contributed by atoms with Crippen LogP contribution in [0.2, 0.25) is 0 Å². The van der Waals surface area contributed by atoms with Crippen LogP contribution in [0.4, 0.5) is 5.69 Å². The van der Waals surface area contributed by atoms with E-state index in [1.807, 2.05) is 50.2 Å². The standard InChI is InChI=1S/C13H21N3O/c1-10(9-16(2)3)15-13(17)8-11-6-4-5-7-12(11)14/h4-7,10H,8-9,14H2,1-3H3,(H,15,17). The molecule has 0 saturated heterocycles. The Morgan fingerprint density at radius 1 is 1.41 bits per heavy atom. The van der Waals surface area contributed by atoms with Crippen molar-refractivity contribution >= 4 is 11.6 Å². The van der Waals surface area contributed by atoms with E-state index in [1.54, 1.807) is 0 Å². The van der Waals surface area contributed by atoms with Crippen molar-refractivity contribution in [1.29, 1.82) is 0 Å². The van der Waals surface area contributed by atoms with Crippen LogP contribution in [0.3, 0.4) is 0 Å². The van der Waals surface area contributed by atoms with Gasteiger partial charge in [-0.15, -0.1) is 0 Å². The lowest BCUT2D eigenvalue weighted by Gasteiger charge is -2.18. The van der Waals surface area contributed by atoms with E-state index in [2.05, 4.69) is 5.32 Å². The maximum Gasteiger partial charge on any atom is 0.224 e. The highest BCUT2D eigenvalue weighted by molar-refractivity contribution is 5.80. The van der Waals surface area contributed by atoms with E-state index >= 15 is 0 Å². The number of nitrogens with one attached hydrogen (secondary N) is 1. The molecule has 0 aromatic heterocycles. The molecule has 3 N–H and O–H groups in total. The second-order valence-electron chi connectivity index (χ2n) is 4.61. The van der Waals surface area contributed by atoms with Gasteiger partial charge in [0.05, 0.1) is 6.42 Å². The van der Waals surface area contributed by atoms with Gasteiger partial charge in [0.25, 0.3) is 0 Å². The molecule has 0 aliphatic carbocycles. The van der Waals surface area contributed by atoms with Crippen LogP contribution in [0.1, 0.15) is 12.5 Å². The van der Waals surface area contributed by atoms with E-state index in [9.17, 15) is 4.79 Å². The number of anilines is 1. The summed E-state index contributed by atoms with van der Waals surface area (Å²) >= 11 is 0. The number of nitrogens with two attached hydrogens (primary N) is 1. The second-order valence-corrected chi connectivity index (χ2v) is 4.61. The Bertz CT molecular complexity index is 377. The van der Waals surface area contributed by atoms with Crippen molar-refractivity contribution < 1.29 is 4.79 Å².